The second kappa shape index (κ2) is 5.57. The van der Waals surface area contributed by atoms with E-state index in [1.807, 2.05) is 0 Å². The fourth-order valence-electron chi connectivity index (χ4n) is 3.66. The third-order valence-electron chi connectivity index (χ3n) is 5.08. The summed E-state index contributed by atoms with van der Waals surface area (Å²) in [5, 5.41) is 2.90. The SMILES string of the molecule is CNc1ccc(S(=O)(=O)N2CCC3(CCCC3)CC2)cn1. The van der Waals surface area contributed by atoms with E-state index < -0.39 is 10.0 Å². The molecule has 1 aliphatic carbocycles. The minimum Gasteiger partial charge on any atom is -0.373 e. The van der Waals surface area contributed by atoms with Crippen molar-refractivity contribution < 1.29 is 8.42 Å². The first-order valence-corrected chi connectivity index (χ1v) is 9.14. The number of sulfonamides is 1. The normalized spacial score (nSPS) is 22.5. The van der Waals surface area contributed by atoms with E-state index >= 15 is 0 Å². The lowest BCUT2D eigenvalue weighted by Gasteiger charge is -2.38. The molecule has 1 N–H and O–H groups in total. The Balaban J connectivity index is 1.73. The van der Waals surface area contributed by atoms with Gasteiger partial charge in [-0.05, 0) is 43.2 Å². The quantitative estimate of drug-likeness (QED) is 0.931. The van der Waals surface area contributed by atoms with Gasteiger partial charge >= 0.3 is 0 Å². The van der Waals surface area contributed by atoms with Crippen molar-refractivity contribution in [1.29, 1.82) is 0 Å². The molecule has 0 amide bonds. The number of hydrogen-bond acceptors (Lipinski definition) is 4. The smallest absolute Gasteiger partial charge is 0.244 e. The molecule has 1 saturated heterocycles. The highest BCUT2D eigenvalue weighted by molar-refractivity contribution is 7.89. The fourth-order valence-corrected chi connectivity index (χ4v) is 5.04. The van der Waals surface area contributed by atoms with Gasteiger partial charge in [-0.1, -0.05) is 12.8 Å². The van der Waals surface area contributed by atoms with Gasteiger partial charge in [-0.3, -0.25) is 0 Å². The van der Waals surface area contributed by atoms with Crippen molar-refractivity contribution >= 4 is 15.8 Å². The molecule has 3 rings (SSSR count). The molecule has 1 spiro atoms. The summed E-state index contributed by atoms with van der Waals surface area (Å²) >= 11 is 0. The van der Waals surface area contributed by atoms with Crippen LogP contribution < -0.4 is 5.32 Å². The number of pyridine rings is 1. The summed E-state index contributed by atoms with van der Waals surface area (Å²) in [6, 6.07) is 3.34. The minimum atomic E-state index is -3.39. The van der Waals surface area contributed by atoms with Gasteiger partial charge in [0.2, 0.25) is 10.0 Å². The molecule has 1 aromatic rings. The van der Waals surface area contributed by atoms with Crippen molar-refractivity contribution in [3.8, 4) is 0 Å². The molecule has 6 heteroatoms. The number of aromatic nitrogens is 1. The van der Waals surface area contributed by atoms with Crippen LogP contribution in [0.2, 0.25) is 0 Å². The second-order valence-corrected chi connectivity index (χ2v) is 8.18. The van der Waals surface area contributed by atoms with Crippen LogP contribution in [0, 0.1) is 5.41 Å². The molecule has 5 nitrogen and oxygen atoms in total. The Kier molecular flexibility index (Phi) is 3.92. The Morgan fingerprint density at radius 3 is 2.33 bits per heavy atom. The maximum Gasteiger partial charge on any atom is 0.244 e. The van der Waals surface area contributed by atoms with E-state index in [-0.39, 0.29) is 0 Å². The largest absolute Gasteiger partial charge is 0.373 e. The molecule has 1 aliphatic heterocycles. The zero-order valence-corrected chi connectivity index (χ0v) is 13.3. The van der Waals surface area contributed by atoms with Crippen molar-refractivity contribution in [2.75, 3.05) is 25.5 Å². The number of nitrogens with one attached hydrogen (secondary N) is 1. The van der Waals surface area contributed by atoms with Gasteiger partial charge in [-0.25, -0.2) is 13.4 Å². The Hall–Kier alpha value is -1.14. The van der Waals surface area contributed by atoms with Gasteiger partial charge in [-0.15, -0.1) is 0 Å². The third kappa shape index (κ3) is 2.79. The zero-order valence-electron chi connectivity index (χ0n) is 12.5. The third-order valence-corrected chi connectivity index (χ3v) is 6.96. The van der Waals surface area contributed by atoms with Crippen molar-refractivity contribution in [3.63, 3.8) is 0 Å². The molecular weight excluding hydrogens is 286 g/mol. The molecular formula is C15H23N3O2S. The summed E-state index contributed by atoms with van der Waals surface area (Å²) in [6.45, 7) is 1.30. The van der Waals surface area contributed by atoms with E-state index in [4.69, 9.17) is 0 Å². The van der Waals surface area contributed by atoms with Crippen LogP contribution in [0.4, 0.5) is 5.82 Å². The molecule has 2 heterocycles. The number of piperidine rings is 1. The van der Waals surface area contributed by atoms with Gasteiger partial charge in [0.15, 0.2) is 0 Å². The van der Waals surface area contributed by atoms with Crippen LogP contribution in [-0.4, -0.2) is 37.8 Å². The predicted molar refractivity (Wildman–Crippen MR) is 82.7 cm³/mol. The van der Waals surface area contributed by atoms with Crippen LogP contribution in [0.15, 0.2) is 23.2 Å². The van der Waals surface area contributed by atoms with Crippen LogP contribution in [0.25, 0.3) is 0 Å². The van der Waals surface area contributed by atoms with Crippen molar-refractivity contribution in [1.82, 2.24) is 9.29 Å². The first-order chi connectivity index (χ1) is 10.1. The lowest BCUT2D eigenvalue weighted by atomic mass is 9.78. The van der Waals surface area contributed by atoms with Crippen LogP contribution in [0.1, 0.15) is 38.5 Å². The monoisotopic (exact) mass is 309 g/mol. The number of anilines is 1. The Morgan fingerprint density at radius 2 is 1.81 bits per heavy atom. The lowest BCUT2D eigenvalue weighted by molar-refractivity contribution is 0.160. The van der Waals surface area contributed by atoms with Gasteiger partial charge in [0.05, 0.1) is 0 Å². The highest BCUT2D eigenvalue weighted by atomic mass is 32.2. The van der Waals surface area contributed by atoms with E-state index in [0.717, 1.165) is 12.8 Å². The molecule has 0 radical (unpaired) electrons. The standard InChI is InChI=1S/C15H23N3O2S/c1-16-14-5-4-13(12-17-14)21(19,20)18-10-8-15(9-11-18)6-2-3-7-15/h4-5,12H,2-3,6-11H2,1H3,(H,16,17). The van der Waals surface area contributed by atoms with E-state index in [9.17, 15) is 8.42 Å². The van der Waals surface area contributed by atoms with Crippen molar-refractivity contribution in [2.24, 2.45) is 5.41 Å². The first-order valence-electron chi connectivity index (χ1n) is 7.70. The topological polar surface area (TPSA) is 62.3 Å². The molecule has 116 valence electrons. The van der Waals surface area contributed by atoms with Gasteiger partial charge in [0.25, 0.3) is 0 Å². The lowest BCUT2D eigenvalue weighted by Crippen LogP contribution is -2.42. The number of hydrogen-bond donors (Lipinski definition) is 1. The molecule has 1 saturated carbocycles. The minimum absolute atomic E-state index is 0.295. The van der Waals surface area contributed by atoms with Gasteiger partial charge in [0, 0.05) is 26.3 Å². The average Bonchev–Trinajstić information content (AvgIpc) is 2.96. The van der Waals surface area contributed by atoms with Crippen LogP contribution in [0.5, 0.6) is 0 Å². The van der Waals surface area contributed by atoms with Gasteiger partial charge in [-0.2, -0.15) is 4.31 Å². The Bertz CT molecular complexity index is 582. The van der Waals surface area contributed by atoms with E-state index in [1.165, 1.54) is 31.9 Å². The predicted octanol–water partition coefficient (Wildman–Crippen LogP) is 2.47. The zero-order chi connectivity index (χ0) is 14.9. The number of nitrogens with zero attached hydrogens (tertiary/aromatic N) is 2. The molecule has 21 heavy (non-hydrogen) atoms. The van der Waals surface area contributed by atoms with E-state index in [0.29, 0.717) is 29.2 Å². The fraction of sp³-hybridized carbons (Fsp3) is 0.667. The highest BCUT2D eigenvalue weighted by Gasteiger charge is 2.40. The summed E-state index contributed by atoms with van der Waals surface area (Å²) in [5.74, 6) is 0.678. The molecule has 2 aliphatic rings. The summed E-state index contributed by atoms with van der Waals surface area (Å²) in [6.07, 6.45) is 8.63. The number of rotatable bonds is 3. The maximum atomic E-state index is 12.7. The second-order valence-electron chi connectivity index (χ2n) is 6.24. The molecule has 0 aromatic carbocycles. The van der Waals surface area contributed by atoms with Gasteiger partial charge in [0.1, 0.15) is 10.7 Å². The van der Waals surface area contributed by atoms with E-state index in [2.05, 4.69) is 10.3 Å². The van der Waals surface area contributed by atoms with Gasteiger partial charge < -0.3 is 5.32 Å². The summed E-state index contributed by atoms with van der Waals surface area (Å²) < 4.78 is 26.9. The maximum absolute atomic E-state index is 12.7. The molecule has 1 aromatic heterocycles. The molecule has 2 fully saturated rings. The van der Waals surface area contributed by atoms with Crippen molar-refractivity contribution in [2.45, 2.75) is 43.4 Å². The summed E-state index contributed by atoms with van der Waals surface area (Å²) in [4.78, 5) is 4.41. The molecule has 0 atom stereocenters. The summed E-state index contributed by atoms with van der Waals surface area (Å²) in [7, 11) is -1.62. The summed E-state index contributed by atoms with van der Waals surface area (Å²) in [5.41, 5.74) is 0.431. The van der Waals surface area contributed by atoms with Crippen molar-refractivity contribution in [3.05, 3.63) is 18.3 Å². The Labute approximate surface area is 126 Å². The highest BCUT2D eigenvalue weighted by Crippen LogP contribution is 2.46. The van der Waals surface area contributed by atoms with Crippen LogP contribution >= 0.6 is 0 Å². The Morgan fingerprint density at radius 1 is 1.14 bits per heavy atom. The molecule has 0 bridgehead atoms. The average molecular weight is 309 g/mol. The van der Waals surface area contributed by atoms with E-state index in [1.54, 1.807) is 23.5 Å². The molecule has 0 unspecified atom stereocenters. The van der Waals surface area contributed by atoms with Crippen LogP contribution in [0.3, 0.4) is 0 Å². The first kappa shape index (κ1) is 14.8. The van der Waals surface area contributed by atoms with Crippen LogP contribution in [-0.2, 0) is 10.0 Å².